The molecular weight excluding hydrogens is 386 g/mol. The molecule has 160 valence electrons. The zero-order valence-electron chi connectivity index (χ0n) is 17.8. The van der Waals surface area contributed by atoms with E-state index in [2.05, 4.69) is 10.3 Å². The number of carbonyl (C=O) groups excluding carboxylic acids is 3. The van der Waals surface area contributed by atoms with Gasteiger partial charge in [-0.2, -0.15) is 0 Å². The second-order valence-corrected chi connectivity index (χ2v) is 7.24. The van der Waals surface area contributed by atoms with E-state index >= 15 is 0 Å². The maximum atomic E-state index is 12.6. The molecule has 1 heterocycles. The Bertz CT molecular complexity index is 886. The van der Waals surface area contributed by atoms with Crippen LogP contribution in [0.3, 0.4) is 0 Å². The topological polar surface area (TPSA) is 97.8 Å². The van der Waals surface area contributed by atoms with Gasteiger partial charge in [-0.15, -0.1) is 0 Å². The first-order chi connectivity index (χ1) is 14.2. The fraction of sp³-hybridized carbons (Fsp3) is 0.364. The van der Waals surface area contributed by atoms with Crippen molar-refractivity contribution in [2.24, 2.45) is 0 Å². The van der Waals surface area contributed by atoms with Crippen LogP contribution >= 0.6 is 0 Å². The molecule has 0 spiro atoms. The molecule has 2 aromatic rings. The second-order valence-electron chi connectivity index (χ2n) is 7.24. The molecule has 8 nitrogen and oxygen atoms in total. The van der Waals surface area contributed by atoms with Crippen molar-refractivity contribution in [1.82, 2.24) is 9.88 Å². The van der Waals surface area contributed by atoms with Crippen molar-refractivity contribution in [3.05, 3.63) is 53.9 Å². The van der Waals surface area contributed by atoms with Crippen molar-refractivity contribution >= 4 is 23.7 Å². The van der Waals surface area contributed by atoms with Gasteiger partial charge in [0.25, 0.3) is 0 Å². The Balaban J connectivity index is 2.07. The lowest BCUT2D eigenvalue weighted by molar-refractivity contribution is -0.114. The number of anilines is 1. The van der Waals surface area contributed by atoms with Gasteiger partial charge >= 0.3 is 12.1 Å². The Hall–Kier alpha value is -3.42. The number of ether oxygens (including phenoxy) is 2. The average molecular weight is 413 g/mol. The van der Waals surface area contributed by atoms with Gasteiger partial charge in [0.1, 0.15) is 12.4 Å². The van der Waals surface area contributed by atoms with Gasteiger partial charge in [0.2, 0.25) is 5.91 Å². The lowest BCUT2D eigenvalue weighted by Gasteiger charge is -2.29. The number of carbonyl (C=O) groups is 3. The number of nitrogens with zero attached hydrogens (tertiary/aromatic N) is 2. The molecule has 0 aliphatic heterocycles. The fourth-order valence-corrected chi connectivity index (χ4v) is 2.93. The highest BCUT2D eigenvalue weighted by Gasteiger charge is 2.23. The van der Waals surface area contributed by atoms with Gasteiger partial charge in [-0.3, -0.25) is 9.78 Å². The van der Waals surface area contributed by atoms with Crippen LogP contribution < -0.4 is 10.1 Å². The number of nitrogens with one attached hydrogen (secondary N) is 1. The molecule has 30 heavy (non-hydrogen) atoms. The number of rotatable bonds is 7. The van der Waals surface area contributed by atoms with Crippen LogP contribution in [0.15, 0.2) is 42.6 Å². The summed E-state index contributed by atoms with van der Waals surface area (Å²) in [4.78, 5) is 41.9. The van der Waals surface area contributed by atoms with Gasteiger partial charge in [-0.1, -0.05) is 0 Å². The Kier molecular flexibility index (Phi) is 7.91. The van der Waals surface area contributed by atoms with E-state index in [0.717, 1.165) is 0 Å². The summed E-state index contributed by atoms with van der Waals surface area (Å²) < 4.78 is 10.8. The van der Waals surface area contributed by atoms with E-state index in [9.17, 15) is 14.4 Å². The van der Waals surface area contributed by atoms with E-state index in [1.807, 2.05) is 27.7 Å². The van der Waals surface area contributed by atoms with Crippen LogP contribution in [0.25, 0.3) is 0 Å². The summed E-state index contributed by atoms with van der Waals surface area (Å²) in [5.41, 5.74) is 1.10. The molecule has 0 fully saturated rings. The van der Waals surface area contributed by atoms with E-state index in [1.165, 1.54) is 13.1 Å². The quantitative estimate of drug-likeness (QED) is 0.544. The van der Waals surface area contributed by atoms with Gasteiger partial charge in [0, 0.05) is 30.9 Å². The zero-order valence-corrected chi connectivity index (χ0v) is 17.8. The van der Waals surface area contributed by atoms with Crippen LogP contribution in [0.4, 0.5) is 10.5 Å². The average Bonchev–Trinajstić information content (AvgIpc) is 2.67. The lowest BCUT2D eigenvalue weighted by Crippen LogP contribution is -2.42. The number of pyridine rings is 1. The van der Waals surface area contributed by atoms with E-state index < -0.39 is 12.1 Å². The maximum absolute atomic E-state index is 12.6. The molecular formula is C22H27N3O5. The summed E-state index contributed by atoms with van der Waals surface area (Å²) >= 11 is 0. The number of benzene rings is 1. The van der Waals surface area contributed by atoms with E-state index in [-0.39, 0.29) is 30.2 Å². The molecule has 0 saturated carbocycles. The summed E-state index contributed by atoms with van der Waals surface area (Å²) in [6.45, 7) is 8.88. The number of aromatic nitrogens is 1. The number of hydrogen-bond acceptors (Lipinski definition) is 6. The molecule has 1 aromatic heterocycles. The molecule has 0 atom stereocenters. The first kappa shape index (κ1) is 22.9. The number of esters is 1. The van der Waals surface area contributed by atoms with Crippen molar-refractivity contribution in [2.45, 2.75) is 53.3 Å². The van der Waals surface area contributed by atoms with Crippen molar-refractivity contribution < 1.29 is 23.9 Å². The summed E-state index contributed by atoms with van der Waals surface area (Å²) in [6, 6.07) is 9.52. The Morgan fingerprint density at radius 3 is 2.23 bits per heavy atom. The summed E-state index contributed by atoms with van der Waals surface area (Å²) in [7, 11) is 0. The molecule has 2 amide bonds. The van der Waals surface area contributed by atoms with Crippen molar-refractivity contribution in [3.63, 3.8) is 0 Å². The Morgan fingerprint density at radius 2 is 1.67 bits per heavy atom. The molecule has 1 aromatic carbocycles. The molecule has 0 aliphatic rings. The van der Waals surface area contributed by atoms with Crippen LogP contribution in [0.5, 0.6) is 5.75 Å². The molecule has 1 N–H and O–H groups in total. The third-order valence-corrected chi connectivity index (χ3v) is 4.15. The van der Waals surface area contributed by atoms with Gasteiger partial charge in [-0.25, -0.2) is 9.59 Å². The molecule has 0 radical (unpaired) electrons. The highest BCUT2D eigenvalue weighted by Crippen LogP contribution is 2.18. The molecule has 0 aliphatic carbocycles. The second kappa shape index (κ2) is 10.4. The Labute approximate surface area is 176 Å². The number of amides is 2. The number of hydrogen-bond donors (Lipinski definition) is 1. The third kappa shape index (κ3) is 6.30. The molecule has 2 rings (SSSR count). The van der Waals surface area contributed by atoms with E-state index in [0.29, 0.717) is 17.1 Å². The van der Waals surface area contributed by atoms with Crippen molar-refractivity contribution in [1.29, 1.82) is 0 Å². The monoisotopic (exact) mass is 413 g/mol. The summed E-state index contributed by atoms with van der Waals surface area (Å²) in [6.07, 6.45) is 1.05. The van der Waals surface area contributed by atoms with Crippen LogP contribution in [0, 0.1) is 0 Å². The first-order valence-corrected chi connectivity index (χ1v) is 9.67. The highest BCUT2D eigenvalue weighted by molar-refractivity contribution is 5.92. The zero-order chi connectivity index (χ0) is 22.3. The predicted molar refractivity (Wildman–Crippen MR) is 112 cm³/mol. The first-order valence-electron chi connectivity index (χ1n) is 9.67. The Morgan fingerprint density at radius 1 is 1.03 bits per heavy atom. The van der Waals surface area contributed by atoms with Gasteiger partial charge < -0.3 is 19.7 Å². The van der Waals surface area contributed by atoms with Gasteiger partial charge in [0.15, 0.2) is 0 Å². The molecule has 0 saturated heterocycles. The molecule has 0 bridgehead atoms. The SMILES string of the molecule is CC(=O)Nc1ccc(OC(=O)c2cccnc2COC(=O)N(C(C)C)C(C)C)cc1. The molecule has 8 heteroatoms. The third-order valence-electron chi connectivity index (χ3n) is 4.15. The highest BCUT2D eigenvalue weighted by atomic mass is 16.6. The lowest BCUT2D eigenvalue weighted by atomic mass is 10.2. The van der Waals surface area contributed by atoms with Gasteiger partial charge in [-0.05, 0) is 64.1 Å². The van der Waals surface area contributed by atoms with Crippen molar-refractivity contribution in [3.8, 4) is 5.75 Å². The van der Waals surface area contributed by atoms with Crippen LogP contribution in [0.2, 0.25) is 0 Å². The smallest absolute Gasteiger partial charge is 0.410 e. The normalized spacial score (nSPS) is 10.6. The van der Waals surface area contributed by atoms with Crippen LogP contribution in [0.1, 0.15) is 50.7 Å². The van der Waals surface area contributed by atoms with E-state index in [1.54, 1.807) is 41.3 Å². The van der Waals surface area contributed by atoms with Crippen LogP contribution in [-0.4, -0.2) is 39.9 Å². The van der Waals surface area contributed by atoms with Crippen LogP contribution in [-0.2, 0) is 16.1 Å². The van der Waals surface area contributed by atoms with E-state index in [4.69, 9.17) is 9.47 Å². The fourth-order valence-electron chi connectivity index (χ4n) is 2.93. The minimum Gasteiger partial charge on any atom is -0.443 e. The largest absolute Gasteiger partial charge is 0.443 e. The standard InChI is InChI=1S/C22H27N3O5/c1-14(2)25(15(3)4)22(28)29-13-20-19(7-6-12-23-20)21(27)30-18-10-8-17(9-11-18)24-16(5)26/h6-12,14-15H,13H2,1-5H3,(H,24,26). The molecule has 0 unspecified atom stereocenters. The minimum absolute atomic E-state index is 0.0221. The predicted octanol–water partition coefficient (Wildman–Crippen LogP) is 4.01. The summed E-state index contributed by atoms with van der Waals surface area (Å²) in [5, 5.41) is 2.64. The van der Waals surface area contributed by atoms with Gasteiger partial charge in [0.05, 0.1) is 11.3 Å². The van der Waals surface area contributed by atoms with Crippen molar-refractivity contribution in [2.75, 3.05) is 5.32 Å². The minimum atomic E-state index is -0.619. The maximum Gasteiger partial charge on any atom is 0.410 e. The summed E-state index contributed by atoms with van der Waals surface area (Å²) in [5.74, 6) is -0.500.